The highest BCUT2D eigenvalue weighted by Crippen LogP contribution is 2.09. The van der Waals surface area contributed by atoms with Crippen molar-refractivity contribution in [3.05, 3.63) is 35.4 Å². The number of halogens is 2. The van der Waals surface area contributed by atoms with Gasteiger partial charge >= 0.3 is 0 Å². The van der Waals surface area contributed by atoms with E-state index < -0.39 is 0 Å². The van der Waals surface area contributed by atoms with Crippen LogP contribution < -0.4 is 0 Å². The zero-order chi connectivity index (χ0) is 8.27. The van der Waals surface area contributed by atoms with Gasteiger partial charge < -0.3 is 0 Å². The molecule has 3 heteroatoms. The molecule has 0 heterocycles. The number of carbonyl (C=O) groups excluding carboxylic acids is 1. The van der Waals surface area contributed by atoms with Gasteiger partial charge in [-0.05, 0) is 21.5 Å². The van der Waals surface area contributed by atoms with Gasteiger partial charge in [0.1, 0.15) is 0 Å². The molecule has 0 radical (unpaired) electrons. The number of alkyl halides is 1. The zero-order valence-corrected chi connectivity index (χ0v) is 8.02. The van der Waals surface area contributed by atoms with Gasteiger partial charge in [0.25, 0.3) is 0 Å². The Hall–Kier alpha value is -0.340. The normalized spacial score (nSPS) is 9.64. The first-order chi connectivity index (χ1) is 5.24. The van der Waals surface area contributed by atoms with Crippen molar-refractivity contribution in [3.8, 4) is 0 Å². The number of carbonyl (C=O) groups is 1. The molecule has 0 saturated carbocycles. The summed E-state index contributed by atoms with van der Waals surface area (Å²) in [7, 11) is 0. The second-order valence-corrected chi connectivity index (χ2v) is 3.09. The van der Waals surface area contributed by atoms with Gasteiger partial charge in [-0.2, -0.15) is 0 Å². The molecule has 1 aromatic carbocycles. The summed E-state index contributed by atoms with van der Waals surface area (Å²) in [6, 6.07) is 7.16. The third-order valence-corrected chi connectivity index (χ3v) is 2.10. The van der Waals surface area contributed by atoms with Crippen molar-refractivity contribution in [2.75, 3.05) is 0 Å². The molecule has 0 aliphatic heterocycles. The van der Waals surface area contributed by atoms with E-state index in [1.807, 2.05) is 12.1 Å². The fourth-order valence-electron chi connectivity index (χ4n) is 0.725. The molecule has 11 heavy (non-hydrogen) atoms. The molecule has 0 amide bonds. The lowest BCUT2D eigenvalue weighted by Gasteiger charge is -1.95. The van der Waals surface area contributed by atoms with Crippen LogP contribution in [0.2, 0.25) is 0 Å². The van der Waals surface area contributed by atoms with E-state index in [2.05, 4.69) is 15.9 Å². The smallest absolute Gasteiger partial charge is 0.228 e. The zero-order valence-electron chi connectivity index (χ0n) is 5.68. The van der Waals surface area contributed by atoms with Crippen molar-refractivity contribution in [2.24, 2.45) is 0 Å². The fourth-order valence-corrected chi connectivity index (χ4v) is 1.17. The molecule has 0 bridgehead atoms. The van der Waals surface area contributed by atoms with E-state index in [1.165, 1.54) is 0 Å². The minimum atomic E-state index is -0.0985. The van der Waals surface area contributed by atoms with Crippen LogP contribution in [0.5, 0.6) is 0 Å². The SMILES string of the molecule is O=C(Br)c1ccc(CCl)cc1. The van der Waals surface area contributed by atoms with Gasteiger partial charge in [0, 0.05) is 11.4 Å². The minimum absolute atomic E-state index is 0.0985. The molecule has 1 nitrogen and oxygen atoms in total. The predicted molar refractivity (Wildman–Crippen MR) is 49.3 cm³/mol. The Balaban J connectivity index is 2.91. The highest BCUT2D eigenvalue weighted by molar-refractivity contribution is 9.18. The van der Waals surface area contributed by atoms with Gasteiger partial charge in [0.05, 0.1) is 0 Å². The lowest BCUT2D eigenvalue weighted by molar-refractivity contribution is 0.109. The molecule has 58 valence electrons. The number of hydrogen-bond donors (Lipinski definition) is 0. The van der Waals surface area contributed by atoms with E-state index in [0.29, 0.717) is 11.4 Å². The van der Waals surface area contributed by atoms with Crippen LogP contribution in [0, 0.1) is 0 Å². The highest BCUT2D eigenvalue weighted by Gasteiger charge is 1.98. The van der Waals surface area contributed by atoms with Crippen LogP contribution in [-0.2, 0) is 5.88 Å². The van der Waals surface area contributed by atoms with Gasteiger partial charge in [0.2, 0.25) is 4.69 Å². The van der Waals surface area contributed by atoms with Crippen molar-refractivity contribution >= 4 is 32.2 Å². The molecule has 0 aliphatic rings. The van der Waals surface area contributed by atoms with Crippen LogP contribution in [0.1, 0.15) is 15.9 Å². The highest BCUT2D eigenvalue weighted by atomic mass is 79.9. The minimum Gasteiger partial charge on any atom is -0.281 e. The van der Waals surface area contributed by atoms with E-state index in [1.54, 1.807) is 12.1 Å². The van der Waals surface area contributed by atoms with E-state index >= 15 is 0 Å². The van der Waals surface area contributed by atoms with Crippen molar-refractivity contribution in [1.29, 1.82) is 0 Å². The molecule has 0 aliphatic carbocycles. The molecule has 1 aromatic rings. The van der Waals surface area contributed by atoms with Crippen LogP contribution in [0.25, 0.3) is 0 Å². The molecule has 0 fully saturated rings. The first-order valence-electron chi connectivity index (χ1n) is 3.09. The summed E-state index contributed by atoms with van der Waals surface area (Å²) >= 11 is 8.42. The van der Waals surface area contributed by atoms with Crippen molar-refractivity contribution in [3.63, 3.8) is 0 Å². The molecule has 0 unspecified atom stereocenters. The van der Waals surface area contributed by atoms with Crippen LogP contribution in [0.3, 0.4) is 0 Å². The van der Waals surface area contributed by atoms with Crippen LogP contribution in [0.15, 0.2) is 24.3 Å². The molecule has 1 rings (SSSR count). The monoisotopic (exact) mass is 232 g/mol. The van der Waals surface area contributed by atoms with E-state index in [9.17, 15) is 4.79 Å². The van der Waals surface area contributed by atoms with Crippen LogP contribution >= 0.6 is 27.5 Å². The van der Waals surface area contributed by atoms with Crippen molar-refractivity contribution in [2.45, 2.75) is 5.88 Å². The molecular weight excluding hydrogens is 227 g/mol. The predicted octanol–water partition coefficient (Wildman–Crippen LogP) is 2.96. The van der Waals surface area contributed by atoms with E-state index in [0.717, 1.165) is 5.56 Å². The molecule has 0 spiro atoms. The van der Waals surface area contributed by atoms with E-state index in [4.69, 9.17) is 11.6 Å². The summed E-state index contributed by atoms with van der Waals surface area (Å²) in [6.07, 6.45) is 0. The lowest BCUT2D eigenvalue weighted by Crippen LogP contribution is -1.87. The second-order valence-electron chi connectivity index (χ2n) is 2.10. The third kappa shape index (κ3) is 2.31. The molecule has 0 saturated heterocycles. The Bertz CT molecular complexity index is 255. The number of rotatable bonds is 2. The maximum absolute atomic E-state index is 10.7. The third-order valence-electron chi connectivity index (χ3n) is 1.34. The lowest BCUT2D eigenvalue weighted by atomic mass is 10.2. The summed E-state index contributed by atoms with van der Waals surface area (Å²) in [5, 5.41) is 0. The fraction of sp³-hybridized carbons (Fsp3) is 0.125. The Morgan fingerprint density at radius 2 is 1.91 bits per heavy atom. The first kappa shape index (κ1) is 8.75. The maximum Gasteiger partial charge on any atom is 0.228 e. The van der Waals surface area contributed by atoms with Crippen molar-refractivity contribution in [1.82, 2.24) is 0 Å². The Kier molecular flexibility index (Phi) is 3.09. The summed E-state index contributed by atoms with van der Waals surface area (Å²) in [5.41, 5.74) is 1.67. The molecule has 0 atom stereocenters. The Labute approximate surface area is 78.5 Å². The number of hydrogen-bond acceptors (Lipinski definition) is 1. The first-order valence-corrected chi connectivity index (χ1v) is 4.41. The second kappa shape index (κ2) is 3.88. The van der Waals surface area contributed by atoms with Gasteiger partial charge in [0.15, 0.2) is 0 Å². The van der Waals surface area contributed by atoms with Gasteiger partial charge in [-0.3, -0.25) is 4.79 Å². The summed E-state index contributed by atoms with van der Waals surface area (Å²) in [6.45, 7) is 0. The van der Waals surface area contributed by atoms with Crippen molar-refractivity contribution < 1.29 is 4.79 Å². The largest absolute Gasteiger partial charge is 0.281 e. The summed E-state index contributed by atoms with van der Waals surface area (Å²) in [5.74, 6) is 0.483. The maximum atomic E-state index is 10.7. The van der Waals surface area contributed by atoms with E-state index in [-0.39, 0.29) is 4.69 Å². The average molecular weight is 233 g/mol. The molecule has 0 aromatic heterocycles. The topological polar surface area (TPSA) is 17.1 Å². The Morgan fingerprint density at radius 3 is 2.27 bits per heavy atom. The Morgan fingerprint density at radius 1 is 1.36 bits per heavy atom. The quantitative estimate of drug-likeness (QED) is 0.567. The molecular formula is C8H6BrClO. The van der Waals surface area contributed by atoms with Gasteiger partial charge in [-0.15, -0.1) is 11.6 Å². The van der Waals surface area contributed by atoms with Gasteiger partial charge in [-0.25, -0.2) is 0 Å². The summed E-state index contributed by atoms with van der Waals surface area (Å²) in [4.78, 5) is 10.7. The average Bonchev–Trinajstić information content (AvgIpc) is 2.05. The van der Waals surface area contributed by atoms with Gasteiger partial charge in [-0.1, -0.05) is 24.3 Å². The van der Waals surface area contributed by atoms with Crippen LogP contribution in [-0.4, -0.2) is 4.69 Å². The molecule has 0 N–H and O–H groups in total. The standard InChI is InChI=1S/C8H6BrClO/c9-8(11)7-3-1-6(5-10)2-4-7/h1-4H,5H2. The number of benzene rings is 1. The summed E-state index contributed by atoms with van der Waals surface area (Å²) < 4.78 is -0.0985. The van der Waals surface area contributed by atoms with Crippen LogP contribution in [0.4, 0.5) is 0 Å².